The standard InChI is InChI=1S/C18H33N5O2/c1-6-19-18(20-11-17-14(2)21-22(4)15(17)3)23-8-7-16(12-23)13-25-10-9-24-5/h16H,6-13H2,1-5H3,(H,19,20). The molecule has 25 heavy (non-hydrogen) atoms. The Kier molecular flexibility index (Phi) is 7.71. The van der Waals surface area contributed by atoms with Gasteiger partial charge in [0, 0.05) is 51.0 Å². The molecule has 0 radical (unpaired) electrons. The van der Waals surface area contributed by atoms with Crippen LogP contribution in [0.1, 0.15) is 30.3 Å². The fourth-order valence-electron chi connectivity index (χ4n) is 3.18. The molecule has 0 amide bonds. The summed E-state index contributed by atoms with van der Waals surface area (Å²) in [6.07, 6.45) is 1.14. The summed E-state index contributed by atoms with van der Waals surface area (Å²) in [5, 5.41) is 7.90. The van der Waals surface area contributed by atoms with Crippen LogP contribution in [0.15, 0.2) is 4.99 Å². The number of nitrogens with zero attached hydrogens (tertiary/aromatic N) is 4. The van der Waals surface area contributed by atoms with Gasteiger partial charge in [-0.15, -0.1) is 0 Å². The lowest BCUT2D eigenvalue weighted by molar-refractivity contribution is 0.0536. The second kappa shape index (κ2) is 9.77. The lowest BCUT2D eigenvalue weighted by Crippen LogP contribution is -2.40. The minimum atomic E-state index is 0.558. The number of aryl methyl sites for hydroxylation is 2. The molecule has 1 N–H and O–H groups in total. The number of aromatic nitrogens is 2. The van der Waals surface area contributed by atoms with Crippen molar-refractivity contribution in [2.45, 2.75) is 33.7 Å². The van der Waals surface area contributed by atoms with E-state index in [0.717, 1.165) is 44.3 Å². The largest absolute Gasteiger partial charge is 0.382 e. The molecule has 1 aromatic heterocycles. The summed E-state index contributed by atoms with van der Waals surface area (Å²) >= 11 is 0. The van der Waals surface area contributed by atoms with Crippen molar-refractivity contribution in [1.82, 2.24) is 20.0 Å². The summed E-state index contributed by atoms with van der Waals surface area (Å²) in [6.45, 7) is 11.9. The highest BCUT2D eigenvalue weighted by molar-refractivity contribution is 5.80. The SMILES string of the molecule is CCNC(=NCc1c(C)nn(C)c1C)N1CCC(COCCOC)C1. The molecule has 0 aliphatic carbocycles. The van der Waals surface area contributed by atoms with Crippen molar-refractivity contribution in [3.05, 3.63) is 17.0 Å². The van der Waals surface area contributed by atoms with Crippen LogP contribution in [0.5, 0.6) is 0 Å². The molecular weight excluding hydrogens is 318 g/mol. The average Bonchev–Trinajstić information content (AvgIpc) is 3.15. The van der Waals surface area contributed by atoms with E-state index >= 15 is 0 Å². The first-order valence-electron chi connectivity index (χ1n) is 9.15. The molecule has 1 aliphatic heterocycles. The van der Waals surface area contributed by atoms with Gasteiger partial charge in [0.15, 0.2) is 5.96 Å². The van der Waals surface area contributed by atoms with E-state index in [0.29, 0.717) is 25.7 Å². The van der Waals surface area contributed by atoms with E-state index in [-0.39, 0.29) is 0 Å². The van der Waals surface area contributed by atoms with Gasteiger partial charge in [0.25, 0.3) is 0 Å². The monoisotopic (exact) mass is 351 g/mol. The normalized spacial score (nSPS) is 18.2. The number of methoxy groups -OCH3 is 1. The van der Waals surface area contributed by atoms with E-state index in [1.54, 1.807) is 7.11 Å². The molecule has 1 aliphatic rings. The highest BCUT2D eigenvalue weighted by Crippen LogP contribution is 2.18. The molecule has 7 heteroatoms. The molecule has 1 fully saturated rings. The van der Waals surface area contributed by atoms with Gasteiger partial charge < -0.3 is 19.7 Å². The third-order valence-electron chi connectivity index (χ3n) is 4.75. The van der Waals surface area contributed by atoms with Crippen molar-refractivity contribution in [2.24, 2.45) is 18.0 Å². The third kappa shape index (κ3) is 5.44. The molecule has 1 aromatic rings. The topological polar surface area (TPSA) is 63.9 Å². The van der Waals surface area contributed by atoms with Crippen molar-refractivity contribution in [3.63, 3.8) is 0 Å². The van der Waals surface area contributed by atoms with Gasteiger partial charge in [-0.05, 0) is 27.2 Å². The number of ether oxygens (including phenoxy) is 2. The second-order valence-electron chi connectivity index (χ2n) is 6.61. The van der Waals surface area contributed by atoms with Crippen molar-refractivity contribution >= 4 is 5.96 Å². The number of rotatable bonds is 8. The predicted octanol–water partition coefficient (Wildman–Crippen LogP) is 1.49. The Morgan fingerprint density at radius 1 is 1.36 bits per heavy atom. The number of aliphatic imine (C=N–C) groups is 1. The number of hydrogen-bond acceptors (Lipinski definition) is 4. The summed E-state index contributed by atoms with van der Waals surface area (Å²) in [6, 6.07) is 0. The lowest BCUT2D eigenvalue weighted by atomic mass is 10.1. The molecule has 0 saturated carbocycles. The Hall–Kier alpha value is -1.60. The summed E-state index contributed by atoms with van der Waals surface area (Å²) < 4.78 is 12.6. The van der Waals surface area contributed by atoms with Gasteiger partial charge in [-0.3, -0.25) is 4.68 Å². The van der Waals surface area contributed by atoms with E-state index in [4.69, 9.17) is 14.5 Å². The Balaban J connectivity index is 1.93. The highest BCUT2D eigenvalue weighted by atomic mass is 16.5. The van der Waals surface area contributed by atoms with Crippen LogP contribution >= 0.6 is 0 Å². The predicted molar refractivity (Wildman–Crippen MR) is 99.9 cm³/mol. The number of guanidine groups is 1. The van der Waals surface area contributed by atoms with Crippen molar-refractivity contribution in [2.75, 3.05) is 46.6 Å². The van der Waals surface area contributed by atoms with Crippen LogP contribution in [-0.2, 0) is 23.1 Å². The fourth-order valence-corrected chi connectivity index (χ4v) is 3.18. The maximum absolute atomic E-state index is 5.69. The minimum absolute atomic E-state index is 0.558. The summed E-state index contributed by atoms with van der Waals surface area (Å²) in [5.41, 5.74) is 3.46. The van der Waals surface area contributed by atoms with Gasteiger partial charge in [-0.1, -0.05) is 0 Å². The van der Waals surface area contributed by atoms with E-state index in [2.05, 4.69) is 29.2 Å². The van der Waals surface area contributed by atoms with E-state index in [9.17, 15) is 0 Å². The van der Waals surface area contributed by atoms with Gasteiger partial charge in [0.05, 0.1) is 32.1 Å². The molecule has 0 spiro atoms. The molecule has 1 atom stereocenters. The number of nitrogens with one attached hydrogen (secondary N) is 1. The first kappa shape index (κ1) is 19.7. The molecular formula is C18H33N5O2. The summed E-state index contributed by atoms with van der Waals surface area (Å²) in [7, 11) is 3.68. The molecule has 0 aromatic carbocycles. The third-order valence-corrected chi connectivity index (χ3v) is 4.75. The first-order chi connectivity index (χ1) is 12.1. The Morgan fingerprint density at radius 3 is 2.80 bits per heavy atom. The molecule has 1 unspecified atom stereocenters. The van der Waals surface area contributed by atoms with Crippen LogP contribution in [0.25, 0.3) is 0 Å². The van der Waals surface area contributed by atoms with Crippen LogP contribution in [0.2, 0.25) is 0 Å². The summed E-state index contributed by atoms with van der Waals surface area (Å²) in [4.78, 5) is 7.20. The average molecular weight is 351 g/mol. The molecule has 7 nitrogen and oxygen atoms in total. The maximum atomic E-state index is 5.69. The van der Waals surface area contributed by atoms with Gasteiger partial charge in [-0.2, -0.15) is 5.10 Å². The second-order valence-corrected chi connectivity index (χ2v) is 6.61. The van der Waals surface area contributed by atoms with E-state index in [1.165, 1.54) is 11.3 Å². The van der Waals surface area contributed by atoms with Crippen molar-refractivity contribution < 1.29 is 9.47 Å². The van der Waals surface area contributed by atoms with Gasteiger partial charge in [-0.25, -0.2) is 4.99 Å². The van der Waals surface area contributed by atoms with Gasteiger partial charge in [0.1, 0.15) is 0 Å². The maximum Gasteiger partial charge on any atom is 0.194 e. The molecule has 142 valence electrons. The zero-order valence-electron chi connectivity index (χ0n) is 16.3. The molecule has 1 saturated heterocycles. The summed E-state index contributed by atoms with van der Waals surface area (Å²) in [5.74, 6) is 1.55. The van der Waals surface area contributed by atoms with E-state index in [1.807, 2.05) is 18.7 Å². The quantitative estimate of drug-likeness (QED) is 0.437. The zero-order valence-corrected chi connectivity index (χ0v) is 16.3. The fraction of sp³-hybridized carbons (Fsp3) is 0.778. The van der Waals surface area contributed by atoms with Crippen LogP contribution in [0.3, 0.4) is 0 Å². The number of likely N-dealkylation sites (tertiary alicyclic amines) is 1. The van der Waals surface area contributed by atoms with Crippen molar-refractivity contribution in [1.29, 1.82) is 0 Å². The Bertz CT molecular complexity index is 570. The highest BCUT2D eigenvalue weighted by Gasteiger charge is 2.25. The Morgan fingerprint density at radius 2 is 2.16 bits per heavy atom. The smallest absolute Gasteiger partial charge is 0.194 e. The van der Waals surface area contributed by atoms with Gasteiger partial charge >= 0.3 is 0 Å². The van der Waals surface area contributed by atoms with Gasteiger partial charge in [0.2, 0.25) is 0 Å². The van der Waals surface area contributed by atoms with Crippen LogP contribution in [-0.4, -0.2) is 67.2 Å². The number of hydrogen-bond donors (Lipinski definition) is 1. The van der Waals surface area contributed by atoms with Crippen LogP contribution < -0.4 is 5.32 Å². The lowest BCUT2D eigenvalue weighted by Gasteiger charge is -2.21. The van der Waals surface area contributed by atoms with Crippen molar-refractivity contribution in [3.8, 4) is 0 Å². The molecule has 2 rings (SSSR count). The van der Waals surface area contributed by atoms with Crippen LogP contribution in [0.4, 0.5) is 0 Å². The Labute approximate surface area is 151 Å². The molecule has 0 bridgehead atoms. The van der Waals surface area contributed by atoms with E-state index < -0.39 is 0 Å². The zero-order chi connectivity index (χ0) is 18.2. The first-order valence-corrected chi connectivity index (χ1v) is 9.15. The minimum Gasteiger partial charge on any atom is -0.382 e. The van der Waals surface area contributed by atoms with Crippen LogP contribution in [0, 0.1) is 19.8 Å². The molecule has 2 heterocycles.